The lowest BCUT2D eigenvalue weighted by Gasteiger charge is -2.23. The molecule has 0 amide bonds. The molecule has 0 fully saturated rings. The molecule has 102 valence electrons. The minimum atomic E-state index is -0.114. The number of nitrogens with two attached hydrogens (primary N) is 1. The number of nitrogens with zero attached hydrogens (tertiary/aromatic N) is 4. The summed E-state index contributed by atoms with van der Waals surface area (Å²) in [7, 11) is 1.78. The maximum Gasteiger partial charge on any atom is 0.323 e. The largest absolute Gasteiger partial charge is 0.463 e. The quantitative estimate of drug-likeness (QED) is 0.453. The van der Waals surface area contributed by atoms with Gasteiger partial charge in [0.05, 0.1) is 19.3 Å². The lowest BCUT2D eigenvalue weighted by Crippen LogP contribution is -2.33. The number of nitrogens with one attached hydrogen (secondary N) is 1. The normalized spacial score (nSPS) is 12.1. The number of hydrogen-bond donors (Lipinski definition) is 3. The Morgan fingerprint density at radius 3 is 2.72 bits per heavy atom. The predicted octanol–water partition coefficient (Wildman–Crippen LogP) is -0.237. The van der Waals surface area contributed by atoms with Gasteiger partial charge in [-0.05, 0) is 13.3 Å². The number of ether oxygens (including phenoxy) is 1. The van der Waals surface area contributed by atoms with E-state index in [0.717, 1.165) is 6.42 Å². The van der Waals surface area contributed by atoms with Gasteiger partial charge in [-0.3, -0.25) is 5.43 Å². The van der Waals surface area contributed by atoms with Crippen LogP contribution in [0.1, 0.15) is 20.3 Å². The van der Waals surface area contributed by atoms with Crippen molar-refractivity contribution >= 4 is 11.9 Å². The van der Waals surface area contributed by atoms with Gasteiger partial charge < -0.3 is 14.7 Å². The highest BCUT2D eigenvalue weighted by Gasteiger charge is 2.15. The van der Waals surface area contributed by atoms with Crippen LogP contribution in [0.4, 0.5) is 11.9 Å². The van der Waals surface area contributed by atoms with Crippen LogP contribution in [0.15, 0.2) is 0 Å². The number of aromatic nitrogens is 3. The number of rotatable bonds is 7. The predicted molar refractivity (Wildman–Crippen MR) is 68.4 cm³/mol. The zero-order valence-electron chi connectivity index (χ0n) is 10.9. The maximum absolute atomic E-state index is 9.12. The third kappa shape index (κ3) is 3.67. The number of anilines is 2. The van der Waals surface area contributed by atoms with Crippen LogP contribution < -0.4 is 20.9 Å². The van der Waals surface area contributed by atoms with Gasteiger partial charge in [0.15, 0.2) is 0 Å². The molecule has 1 rings (SSSR count). The van der Waals surface area contributed by atoms with Gasteiger partial charge in [0.25, 0.3) is 0 Å². The third-order valence-corrected chi connectivity index (χ3v) is 2.41. The first-order chi connectivity index (χ1) is 8.62. The lowest BCUT2D eigenvalue weighted by molar-refractivity contribution is 0.267. The van der Waals surface area contributed by atoms with Gasteiger partial charge in [-0.2, -0.15) is 15.0 Å². The molecule has 8 nitrogen and oxygen atoms in total. The summed E-state index contributed by atoms with van der Waals surface area (Å²) in [4.78, 5) is 14.0. The number of aliphatic hydroxyl groups excluding tert-OH is 1. The monoisotopic (exact) mass is 256 g/mol. The molecule has 0 aromatic carbocycles. The summed E-state index contributed by atoms with van der Waals surface area (Å²) in [5, 5.41) is 9.12. The Morgan fingerprint density at radius 2 is 2.17 bits per heavy atom. The van der Waals surface area contributed by atoms with E-state index in [1.807, 2.05) is 13.8 Å². The summed E-state index contributed by atoms with van der Waals surface area (Å²) in [6.45, 7) is 4.36. The average Bonchev–Trinajstić information content (AvgIpc) is 2.42. The fourth-order valence-electron chi connectivity index (χ4n) is 1.15. The van der Waals surface area contributed by atoms with Crippen LogP contribution in [0.5, 0.6) is 6.01 Å². The molecule has 0 bridgehead atoms. The van der Waals surface area contributed by atoms with Gasteiger partial charge in [-0.15, -0.1) is 0 Å². The molecular weight excluding hydrogens is 236 g/mol. The molecule has 1 heterocycles. The van der Waals surface area contributed by atoms with Crippen molar-refractivity contribution in [3.05, 3.63) is 0 Å². The van der Waals surface area contributed by atoms with E-state index in [0.29, 0.717) is 12.6 Å². The molecule has 0 spiro atoms. The van der Waals surface area contributed by atoms with Crippen molar-refractivity contribution < 1.29 is 9.84 Å². The van der Waals surface area contributed by atoms with Crippen molar-refractivity contribution in [2.75, 3.05) is 30.6 Å². The van der Waals surface area contributed by atoms with Crippen LogP contribution in [0, 0.1) is 0 Å². The number of likely N-dealkylation sites (N-methyl/N-ethyl adjacent to an activating group) is 1. The molecule has 0 aliphatic rings. The van der Waals surface area contributed by atoms with E-state index in [-0.39, 0.29) is 24.6 Å². The summed E-state index contributed by atoms with van der Waals surface area (Å²) < 4.78 is 5.35. The van der Waals surface area contributed by atoms with Crippen molar-refractivity contribution in [1.29, 1.82) is 0 Å². The van der Waals surface area contributed by atoms with E-state index in [1.165, 1.54) is 0 Å². The van der Waals surface area contributed by atoms with Crippen molar-refractivity contribution in [2.45, 2.75) is 26.3 Å². The van der Waals surface area contributed by atoms with Crippen molar-refractivity contribution in [3.8, 4) is 6.01 Å². The second-order valence-corrected chi connectivity index (χ2v) is 3.88. The van der Waals surface area contributed by atoms with E-state index >= 15 is 0 Å². The van der Waals surface area contributed by atoms with E-state index in [1.54, 1.807) is 11.9 Å². The molecule has 1 aromatic heterocycles. The Morgan fingerprint density at radius 1 is 1.44 bits per heavy atom. The number of aliphatic hydroxyl groups is 1. The lowest BCUT2D eigenvalue weighted by atomic mass is 10.3. The minimum Gasteiger partial charge on any atom is -0.463 e. The summed E-state index contributed by atoms with van der Waals surface area (Å²) in [5.41, 5.74) is 2.36. The smallest absolute Gasteiger partial charge is 0.323 e. The Kier molecular flexibility index (Phi) is 5.53. The summed E-state index contributed by atoms with van der Waals surface area (Å²) in [6, 6.07) is 0.101. The molecule has 1 unspecified atom stereocenters. The van der Waals surface area contributed by atoms with Gasteiger partial charge in [0.1, 0.15) is 0 Å². The van der Waals surface area contributed by atoms with E-state index in [2.05, 4.69) is 20.4 Å². The van der Waals surface area contributed by atoms with Gasteiger partial charge >= 0.3 is 6.01 Å². The molecule has 8 heteroatoms. The van der Waals surface area contributed by atoms with Crippen LogP contribution in [0.3, 0.4) is 0 Å². The van der Waals surface area contributed by atoms with E-state index in [4.69, 9.17) is 15.7 Å². The van der Waals surface area contributed by atoms with Gasteiger partial charge in [0, 0.05) is 7.05 Å². The van der Waals surface area contributed by atoms with Crippen LogP contribution in [0.25, 0.3) is 0 Å². The first-order valence-electron chi connectivity index (χ1n) is 5.81. The molecule has 0 aliphatic carbocycles. The molecule has 0 saturated carbocycles. The van der Waals surface area contributed by atoms with Crippen LogP contribution >= 0.6 is 0 Å². The molecule has 1 atom stereocenters. The zero-order chi connectivity index (χ0) is 13.5. The number of hydrazine groups is 1. The fraction of sp³-hybridized carbons (Fsp3) is 0.700. The second kappa shape index (κ2) is 6.92. The fourth-order valence-corrected chi connectivity index (χ4v) is 1.15. The second-order valence-electron chi connectivity index (χ2n) is 3.88. The molecule has 0 radical (unpaired) electrons. The Hall–Kier alpha value is -1.67. The van der Waals surface area contributed by atoms with Gasteiger partial charge in [0.2, 0.25) is 11.9 Å². The Balaban J connectivity index is 2.95. The standard InChI is InChI=1S/C10H20N6O2/c1-4-5-18-10-13-8(15-11)12-9(14-10)16(3)7(2)6-17/h7,17H,4-6,11H2,1-3H3,(H,12,13,14,15). The number of nitrogen functional groups attached to an aromatic ring is 1. The minimum absolute atomic E-state index is 0.00127. The first-order valence-corrected chi connectivity index (χ1v) is 5.81. The van der Waals surface area contributed by atoms with Crippen molar-refractivity contribution in [1.82, 2.24) is 15.0 Å². The summed E-state index contributed by atoms with van der Waals surface area (Å²) in [5.74, 6) is 5.92. The van der Waals surface area contributed by atoms with Crippen molar-refractivity contribution in [3.63, 3.8) is 0 Å². The summed E-state index contributed by atoms with van der Waals surface area (Å²) >= 11 is 0. The molecule has 0 saturated heterocycles. The highest BCUT2D eigenvalue weighted by atomic mass is 16.5. The van der Waals surface area contributed by atoms with Crippen LogP contribution in [-0.2, 0) is 0 Å². The van der Waals surface area contributed by atoms with Gasteiger partial charge in [-0.25, -0.2) is 5.84 Å². The Labute approximate surface area is 106 Å². The summed E-state index contributed by atoms with van der Waals surface area (Å²) in [6.07, 6.45) is 0.856. The Bertz CT molecular complexity index is 375. The van der Waals surface area contributed by atoms with Gasteiger partial charge in [-0.1, -0.05) is 6.92 Å². The average molecular weight is 256 g/mol. The maximum atomic E-state index is 9.12. The van der Waals surface area contributed by atoms with Crippen LogP contribution in [-0.4, -0.2) is 46.4 Å². The molecule has 0 aliphatic heterocycles. The molecule has 4 N–H and O–H groups in total. The highest BCUT2D eigenvalue weighted by Crippen LogP contribution is 2.15. The molecule has 18 heavy (non-hydrogen) atoms. The first kappa shape index (κ1) is 14.4. The van der Waals surface area contributed by atoms with E-state index < -0.39 is 0 Å². The van der Waals surface area contributed by atoms with Crippen molar-refractivity contribution in [2.24, 2.45) is 5.84 Å². The zero-order valence-corrected chi connectivity index (χ0v) is 10.9. The highest BCUT2D eigenvalue weighted by molar-refractivity contribution is 5.37. The molecule has 1 aromatic rings. The SMILES string of the molecule is CCCOc1nc(NN)nc(N(C)C(C)CO)n1. The topological polar surface area (TPSA) is 109 Å². The number of hydrogen-bond acceptors (Lipinski definition) is 8. The van der Waals surface area contributed by atoms with E-state index in [9.17, 15) is 0 Å². The third-order valence-electron chi connectivity index (χ3n) is 2.41. The molecular formula is C10H20N6O2. The van der Waals surface area contributed by atoms with Crippen LogP contribution in [0.2, 0.25) is 0 Å².